The number of carbonyl (C=O) groups is 4. The Morgan fingerprint density at radius 2 is 1.39 bits per heavy atom. The lowest BCUT2D eigenvalue weighted by Crippen LogP contribution is -2.42. The Kier molecular flexibility index (Phi) is 10.4. The second kappa shape index (κ2) is 12.6. The monoisotopic (exact) mass is 469 g/mol. The number of Topliss-reactive ketones (excluding diaryl/α,β-unsaturated/α-hetero) is 2. The molecule has 9 heteroatoms. The molecular formula is C24H39NO8. The van der Waals surface area contributed by atoms with Crippen LogP contribution in [0.3, 0.4) is 0 Å². The van der Waals surface area contributed by atoms with Crippen LogP contribution in [-0.2, 0) is 38.1 Å². The first-order valence-corrected chi connectivity index (χ1v) is 11.8. The zero-order valence-electron chi connectivity index (χ0n) is 20.6. The van der Waals surface area contributed by atoms with Crippen LogP contribution in [0.15, 0.2) is 0 Å². The summed E-state index contributed by atoms with van der Waals surface area (Å²) in [6.07, 6.45) is -1.33. The second-order valence-corrected chi connectivity index (χ2v) is 9.97. The summed E-state index contributed by atoms with van der Waals surface area (Å²) in [5, 5.41) is 2.98. The number of fused-ring (bicyclic) bond motifs is 1. The maximum Gasteiger partial charge on any atom is 0.323 e. The Labute approximate surface area is 196 Å². The van der Waals surface area contributed by atoms with Gasteiger partial charge in [-0.25, -0.2) is 0 Å². The van der Waals surface area contributed by atoms with E-state index in [1.807, 2.05) is 27.7 Å². The number of rotatable bonds is 13. The Morgan fingerprint density at radius 3 is 1.85 bits per heavy atom. The zero-order chi connectivity index (χ0) is 24.7. The molecule has 2 heterocycles. The third-order valence-electron chi connectivity index (χ3n) is 5.85. The predicted octanol–water partition coefficient (Wildman–Crippen LogP) is 1.84. The molecule has 0 amide bonds. The third-order valence-corrected chi connectivity index (χ3v) is 5.85. The Bertz CT molecular complexity index is 707. The fraction of sp³-hybridized carbons (Fsp3) is 0.833. The molecule has 0 spiro atoms. The summed E-state index contributed by atoms with van der Waals surface area (Å²) in [6.45, 7) is 9.64. The maximum absolute atomic E-state index is 12.9. The molecule has 2 aliphatic heterocycles. The van der Waals surface area contributed by atoms with Gasteiger partial charge in [0.25, 0.3) is 0 Å². The summed E-state index contributed by atoms with van der Waals surface area (Å²) in [4.78, 5) is 48.8. The van der Waals surface area contributed by atoms with Gasteiger partial charge in [0, 0.05) is 6.42 Å². The average molecular weight is 470 g/mol. The standard InChI is InChI=1S/C24H39NO8/c1-13(2)7-16(10-17(27)9-15(5)26)23(28)32-19-11-30-22-20(12-31-21(19)22)33-24(29)18(25-6)8-14(3)4/h13-14,16,18-22,25H,7-12H2,1-6H3. The van der Waals surface area contributed by atoms with E-state index in [4.69, 9.17) is 18.9 Å². The fourth-order valence-corrected chi connectivity index (χ4v) is 4.37. The molecule has 6 unspecified atom stereocenters. The Hall–Kier alpha value is -1.84. The predicted molar refractivity (Wildman–Crippen MR) is 119 cm³/mol. The van der Waals surface area contributed by atoms with E-state index in [9.17, 15) is 19.2 Å². The molecule has 0 saturated carbocycles. The molecule has 33 heavy (non-hydrogen) atoms. The molecule has 0 aromatic carbocycles. The highest BCUT2D eigenvalue weighted by Crippen LogP contribution is 2.32. The first kappa shape index (κ1) is 27.4. The van der Waals surface area contributed by atoms with Gasteiger partial charge >= 0.3 is 11.9 Å². The minimum absolute atomic E-state index is 0.0272. The van der Waals surface area contributed by atoms with Gasteiger partial charge in [0.15, 0.2) is 12.2 Å². The molecule has 0 bridgehead atoms. The number of esters is 2. The molecule has 0 aliphatic carbocycles. The lowest BCUT2D eigenvalue weighted by molar-refractivity contribution is -0.161. The molecule has 2 fully saturated rings. The maximum atomic E-state index is 12.9. The van der Waals surface area contributed by atoms with Crippen LogP contribution >= 0.6 is 0 Å². The number of ether oxygens (including phenoxy) is 4. The minimum Gasteiger partial charge on any atom is -0.457 e. The van der Waals surface area contributed by atoms with Gasteiger partial charge in [-0.05, 0) is 38.6 Å². The van der Waals surface area contributed by atoms with E-state index >= 15 is 0 Å². The highest BCUT2D eigenvalue weighted by atomic mass is 16.7. The molecule has 9 nitrogen and oxygen atoms in total. The van der Waals surface area contributed by atoms with Gasteiger partial charge in [0.05, 0.1) is 25.6 Å². The normalized spacial score (nSPS) is 26.2. The van der Waals surface area contributed by atoms with Crippen LogP contribution in [0.25, 0.3) is 0 Å². The molecule has 2 aliphatic rings. The van der Waals surface area contributed by atoms with E-state index in [1.165, 1.54) is 6.92 Å². The summed E-state index contributed by atoms with van der Waals surface area (Å²) in [5.74, 6) is -1.46. The lowest BCUT2D eigenvalue weighted by atomic mass is 9.91. The quantitative estimate of drug-likeness (QED) is 0.318. The summed E-state index contributed by atoms with van der Waals surface area (Å²) in [5.41, 5.74) is 0. The summed E-state index contributed by atoms with van der Waals surface area (Å²) >= 11 is 0. The second-order valence-electron chi connectivity index (χ2n) is 9.97. The van der Waals surface area contributed by atoms with Crippen LogP contribution in [-0.4, -0.2) is 74.2 Å². The van der Waals surface area contributed by atoms with Crippen LogP contribution in [0.5, 0.6) is 0 Å². The van der Waals surface area contributed by atoms with Gasteiger partial charge < -0.3 is 24.3 Å². The van der Waals surface area contributed by atoms with Crippen LogP contribution in [0.1, 0.15) is 60.3 Å². The lowest BCUT2D eigenvalue weighted by Gasteiger charge is -2.22. The van der Waals surface area contributed by atoms with E-state index in [0.717, 1.165) is 0 Å². The smallest absolute Gasteiger partial charge is 0.323 e. The van der Waals surface area contributed by atoms with E-state index in [1.54, 1.807) is 7.05 Å². The number of nitrogens with one attached hydrogen (secondary N) is 1. The molecule has 0 radical (unpaired) electrons. The van der Waals surface area contributed by atoms with Gasteiger partial charge in [0.2, 0.25) is 0 Å². The topological polar surface area (TPSA) is 117 Å². The molecule has 2 rings (SSSR count). The van der Waals surface area contributed by atoms with Gasteiger partial charge in [0.1, 0.15) is 29.8 Å². The number of likely N-dealkylation sites (N-methyl/N-ethyl adjacent to an activating group) is 1. The SMILES string of the molecule is CNC(CC(C)C)C(=O)OC1COC2C(OC(=O)C(CC(=O)CC(C)=O)CC(C)C)COC12. The minimum atomic E-state index is -0.639. The molecular weight excluding hydrogens is 430 g/mol. The van der Waals surface area contributed by atoms with Crippen LogP contribution in [0, 0.1) is 17.8 Å². The summed E-state index contributed by atoms with van der Waals surface area (Å²) in [6, 6.07) is -0.414. The molecule has 0 aromatic rings. The third kappa shape index (κ3) is 8.15. The van der Waals surface area contributed by atoms with E-state index in [0.29, 0.717) is 18.8 Å². The van der Waals surface area contributed by atoms with Gasteiger partial charge in [-0.3, -0.25) is 19.2 Å². The Balaban J connectivity index is 1.95. The van der Waals surface area contributed by atoms with Crippen molar-refractivity contribution in [1.82, 2.24) is 5.32 Å². The van der Waals surface area contributed by atoms with Crippen LogP contribution < -0.4 is 5.32 Å². The first-order valence-electron chi connectivity index (χ1n) is 11.8. The van der Waals surface area contributed by atoms with Gasteiger partial charge in [-0.2, -0.15) is 0 Å². The summed E-state index contributed by atoms with van der Waals surface area (Å²) < 4.78 is 22.9. The van der Waals surface area contributed by atoms with Gasteiger partial charge in [-0.1, -0.05) is 27.7 Å². The first-order chi connectivity index (χ1) is 15.5. The number of hydrogen-bond donors (Lipinski definition) is 1. The van der Waals surface area contributed by atoms with Crippen molar-refractivity contribution in [3.8, 4) is 0 Å². The zero-order valence-corrected chi connectivity index (χ0v) is 20.6. The van der Waals surface area contributed by atoms with Crippen molar-refractivity contribution in [2.24, 2.45) is 17.8 Å². The highest BCUT2D eigenvalue weighted by Gasteiger charge is 2.51. The number of carbonyl (C=O) groups excluding carboxylic acids is 4. The fourth-order valence-electron chi connectivity index (χ4n) is 4.37. The molecule has 188 valence electrons. The van der Waals surface area contributed by atoms with Crippen molar-refractivity contribution >= 4 is 23.5 Å². The van der Waals surface area contributed by atoms with Gasteiger partial charge in [-0.15, -0.1) is 0 Å². The van der Waals surface area contributed by atoms with Crippen LogP contribution in [0.4, 0.5) is 0 Å². The van der Waals surface area contributed by atoms with E-state index in [-0.39, 0.29) is 49.5 Å². The van der Waals surface area contributed by atoms with Crippen molar-refractivity contribution in [1.29, 1.82) is 0 Å². The van der Waals surface area contributed by atoms with Crippen molar-refractivity contribution in [2.45, 2.75) is 90.8 Å². The van der Waals surface area contributed by atoms with Crippen molar-refractivity contribution < 1.29 is 38.1 Å². The van der Waals surface area contributed by atoms with E-state index < -0.39 is 42.3 Å². The van der Waals surface area contributed by atoms with E-state index in [2.05, 4.69) is 5.32 Å². The highest BCUT2D eigenvalue weighted by molar-refractivity contribution is 5.99. The molecule has 0 aromatic heterocycles. The Morgan fingerprint density at radius 1 is 0.879 bits per heavy atom. The molecule has 6 atom stereocenters. The number of ketones is 2. The average Bonchev–Trinajstić information content (AvgIpc) is 3.27. The molecule has 2 saturated heterocycles. The number of hydrogen-bond acceptors (Lipinski definition) is 9. The molecule has 1 N–H and O–H groups in total. The van der Waals surface area contributed by atoms with Crippen molar-refractivity contribution in [3.05, 3.63) is 0 Å². The summed E-state index contributed by atoms with van der Waals surface area (Å²) in [7, 11) is 1.72. The largest absolute Gasteiger partial charge is 0.457 e. The van der Waals surface area contributed by atoms with Crippen LogP contribution in [0.2, 0.25) is 0 Å². The van der Waals surface area contributed by atoms with Crippen molar-refractivity contribution in [2.75, 3.05) is 20.3 Å². The van der Waals surface area contributed by atoms with Crippen molar-refractivity contribution in [3.63, 3.8) is 0 Å².